The molecule has 0 spiro atoms. The first-order valence-corrected chi connectivity index (χ1v) is 6.57. The lowest BCUT2D eigenvalue weighted by Gasteiger charge is -2.12. The first-order chi connectivity index (χ1) is 7.05. The predicted octanol–water partition coefficient (Wildman–Crippen LogP) is 1.12. The largest absolute Gasteiger partial charge is 0.265 e. The van der Waals surface area contributed by atoms with Gasteiger partial charge in [0.25, 0.3) is 0 Å². The zero-order valence-corrected chi connectivity index (χ0v) is 9.79. The number of pyridine rings is 1. The molecule has 84 valence electrons. The summed E-state index contributed by atoms with van der Waals surface area (Å²) < 4.78 is 25.0. The van der Waals surface area contributed by atoms with E-state index in [1.807, 2.05) is 19.1 Å². The van der Waals surface area contributed by atoms with Crippen LogP contribution in [0, 0.1) is 0 Å². The fourth-order valence-electron chi connectivity index (χ4n) is 1.16. The van der Waals surface area contributed by atoms with Gasteiger partial charge in [-0.2, -0.15) is 0 Å². The topological polar surface area (TPSA) is 59.1 Å². The minimum Gasteiger partial charge on any atom is -0.265 e. The molecule has 0 saturated carbocycles. The van der Waals surface area contributed by atoms with Crippen LogP contribution in [0.4, 0.5) is 0 Å². The lowest BCUT2D eigenvalue weighted by molar-refractivity contribution is 0.576. The van der Waals surface area contributed by atoms with Crippen LogP contribution in [-0.2, 0) is 10.0 Å². The molecule has 0 aliphatic rings. The summed E-state index contributed by atoms with van der Waals surface area (Å²) in [6.07, 6.45) is 3.42. The van der Waals surface area contributed by atoms with E-state index in [-0.39, 0.29) is 11.7 Å². The number of aromatic nitrogens is 1. The number of sulfonamides is 1. The zero-order chi connectivity index (χ0) is 11.3. The summed E-state index contributed by atoms with van der Waals surface area (Å²) >= 11 is 0. The first-order valence-electron chi connectivity index (χ1n) is 4.92. The van der Waals surface area contributed by atoms with E-state index in [4.69, 9.17) is 0 Å². The molecule has 0 saturated heterocycles. The van der Waals surface area contributed by atoms with Crippen molar-refractivity contribution in [1.29, 1.82) is 0 Å². The van der Waals surface area contributed by atoms with Crippen LogP contribution in [0.1, 0.15) is 25.3 Å². The number of nitrogens with one attached hydrogen (secondary N) is 1. The van der Waals surface area contributed by atoms with E-state index in [1.54, 1.807) is 19.3 Å². The van der Waals surface area contributed by atoms with Crippen LogP contribution in [0.15, 0.2) is 24.5 Å². The highest BCUT2D eigenvalue weighted by Gasteiger charge is 2.10. The van der Waals surface area contributed by atoms with Gasteiger partial charge in [-0.25, -0.2) is 13.1 Å². The fourth-order valence-corrected chi connectivity index (χ4v) is 1.87. The molecule has 1 heterocycles. The third kappa shape index (κ3) is 3.97. The average Bonchev–Trinajstić information content (AvgIpc) is 2.27. The quantitative estimate of drug-likeness (QED) is 0.821. The molecule has 1 aromatic heterocycles. The third-order valence-corrected chi connectivity index (χ3v) is 3.63. The summed E-state index contributed by atoms with van der Waals surface area (Å²) in [6, 6.07) is 3.79. The molecule has 15 heavy (non-hydrogen) atoms. The SMILES string of the molecule is CCS(=O)(=O)NCC(C)c1ccncc1. The number of rotatable bonds is 5. The fraction of sp³-hybridized carbons (Fsp3) is 0.500. The van der Waals surface area contributed by atoms with Crippen molar-refractivity contribution in [2.45, 2.75) is 19.8 Å². The maximum Gasteiger partial charge on any atom is 0.211 e. The number of nitrogens with zero attached hydrogens (tertiary/aromatic N) is 1. The van der Waals surface area contributed by atoms with E-state index < -0.39 is 10.0 Å². The summed E-state index contributed by atoms with van der Waals surface area (Å²) in [5, 5.41) is 0. The van der Waals surface area contributed by atoms with E-state index in [0.717, 1.165) is 5.56 Å². The summed E-state index contributed by atoms with van der Waals surface area (Å²) in [6.45, 7) is 4.03. The molecule has 0 aromatic carbocycles. The summed E-state index contributed by atoms with van der Waals surface area (Å²) in [7, 11) is -3.09. The Morgan fingerprint density at radius 3 is 2.53 bits per heavy atom. The second-order valence-corrected chi connectivity index (χ2v) is 5.53. The van der Waals surface area contributed by atoms with Crippen LogP contribution in [-0.4, -0.2) is 25.7 Å². The lowest BCUT2D eigenvalue weighted by Crippen LogP contribution is -2.28. The van der Waals surface area contributed by atoms with Crippen molar-refractivity contribution >= 4 is 10.0 Å². The highest BCUT2D eigenvalue weighted by atomic mass is 32.2. The van der Waals surface area contributed by atoms with E-state index in [1.165, 1.54) is 0 Å². The molecule has 1 aromatic rings. The molecule has 0 aliphatic heterocycles. The van der Waals surface area contributed by atoms with Gasteiger partial charge in [-0.1, -0.05) is 6.92 Å². The van der Waals surface area contributed by atoms with Gasteiger partial charge in [0, 0.05) is 18.9 Å². The van der Waals surface area contributed by atoms with Gasteiger partial charge in [0.1, 0.15) is 0 Å². The number of hydrogen-bond donors (Lipinski definition) is 1. The van der Waals surface area contributed by atoms with Crippen LogP contribution in [0.2, 0.25) is 0 Å². The Morgan fingerprint density at radius 1 is 1.40 bits per heavy atom. The van der Waals surface area contributed by atoms with Gasteiger partial charge in [-0.3, -0.25) is 4.98 Å². The first kappa shape index (κ1) is 12.1. The van der Waals surface area contributed by atoms with Crippen molar-refractivity contribution in [1.82, 2.24) is 9.71 Å². The molecular weight excluding hydrogens is 212 g/mol. The van der Waals surface area contributed by atoms with Gasteiger partial charge in [0.15, 0.2) is 0 Å². The Labute approximate surface area is 90.8 Å². The molecule has 0 amide bonds. The van der Waals surface area contributed by atoms with Crippen molar-refractivity contribution in [3.05, 3.63) is 30.1 Å². The molecule has 0 bridgehead atoms. The summed E-state index contributed by atoms with van der Waals surface area (Å²) in [5.41, 5.74) is 1.09. The molecule has 4 nitrogen and oxygen atoms in total. The predicted molar refractivity (Wildman–Crippen MR) is 60.1 cm³/mol. The molecule has 1 rings (SSSR count). The van der Waals surface area contributed by atoms with Crippen molar-refractivity contribution in [3.63, 3.8) is 0 Å². The Balaban J connectivity index is 2.54. The molecule has 1 unspecified atom stereocenters. The minimum atomic E-state index is -3.09. The van der Waals surface area contributed by atoms with Crippen molar-refractivity contribution in [3.8, 4) is 0 Å². The Kier molecular flexibility index (Phi) is 4.23. The van der Waals surface area contributed by atoms with Gasteiger partial charge in [0.05, 0.1) is 5.75 Å². The monoisotopic (exact) mass is 228 g/mol. The maximum absolute atomic E-state index is 11.2. The summed E-state index contributed by atoms with van der Waals surface area (Å²) in [5.74, 6) is 0.283. The van der Waals surface area contributed by atoms with Crippen LogP contribution < -0.4 is 4.72 Å². The zero-order valence-electron chi connectivity index (χ0n) is 8.97. The molecule has 0 aliphatic carbocycles. The molecular formula is C10H16N2O2S. The van der Waals surface area contributed by atoms with Gasteiger partial charge in [-0.15, -0.1) is 0 Å². The maximum atomic E-state index is 11.2. The second kappa shape index (κ2) is 5.23. The van der Waals surface area contributed by atoms with E-state index in [2.05, 4.69) is 9.71 Å². The van der Waals surface area contributed by atoms with Crippen LogP contribution in [0.5, 0.6) is 0 Å². The lowest BCUT2D eigenvalue weighted by atomic mass is 10.0. The van der Waals surface area contributed by atoms with Gasteiger partial charge < -0.3 is 0 Å². The van der Waals surface area contributed by atoms with Gasteiger partial charge >= 0.3 is 0 Å². The third-order valence-electron chi connectivity index (χ3n) is 2.26. The standard InChI is InChI=1S/C10H16N2O2S/c1-3-15(13,14)12-8-9(2)10-4-6-11-7-5-10/h4-7,9,12H,3,8H2,1-2H3. The van der Waals surface area contributed by atoms with E-state index in [0.29, 0.717) is 6.54 Å². The van der Waals surface area contributed by atoms with Gasteiger partial charge in [0.2, 0.25) is 10.0 Å². The second-order valence-electron chi connectivity index (χ2n) is 3.43. The van der Waals surface area contributed by atoms with Crippen LogP contribution in [0.3, 0.4) is 0 Å². The smallest absolute Gasteiger partial charge is 0.211 e. The molecule has 1 atom stereocenters. The van der Waals surface area contributed by atoms with E-state index in [9.17, 15) is 8.42 Å². The van der Waals surface area contributed by atoms with Crippen LogP contribution in [0.25, 0.3) is 0 Å². The summed E-state index contributed by atoms with van der Waals surface area (Å²) in [4.78, 5) is 3.91. The van der Waals surface area contributed by atoms with E-state index >= 15 is 0 Å². The molecule has 0 radical (unpaired) electrons. The minimum absolute atomic E-state index is 0.121. The van der Waals surface area contributed by atoms with Crippen LogP contribution >= 0.6 is 0 Å². The average molecular weight is 228 g/mol. The van der Waals surface area contributed by atoms with Crippen molar-refractivity contribution < 1.29 is 8.42 Å². The number of hydrogen-bond acceptors (Lipinski definition) is 3. The Hall–Kier alpha value is -0.940. The van der Waals surface area contributed by atoms with Crippen molar-refractivity contribution in [2.75, 3.05) is 12.3 Å². The Bertz CT molecular complexity index is 389. The highest BCUT2D eigenvalue weighted by Crippen LogP contribution is 2.12. The normalized spacial score (nSPS) is 13.7. The Morgan fingerprint density at radius 2 is 2.00 bits per heavy atom. The molecule has 1 N–H and O–H groups in total. The van der Waals surface area contributed by atoms with Gasteiger partial charge in [-0.05, 0) is 30.5 Å². The molecule has 0 fully saturated rings. The van der Waals surface area contributed by atoms with Crippen molar-refractivity contribution in [2.24, 2.45) is 0 Å². The highest BCUT2D eigenvalue weighted by molar-refractivity contribution is 7.89. The molecule has 5 heteroatoms.